The normalized spacial score (nSPS) is 15.4. The molecule has 0 unspecified atom stereocenters. The molecule has 0 aliphatic heterocycles. The van der Waals surface area contributed by atoms with Gasteiger partial charge in [0.25, 0.3) is 0 Å². The highest BCUT2D eigenvalue weighted by Gasteiger charge is 2.31. The summed E-state index contributed by atoms with van der Waals surface area (Å²) in [6, 6.07) is 3.45. The van der Waals surface area contributed by atoms with Gasteiger partial charge in [-0.2, -0.15) is 0 Å². The van der Waals surface area contributed by atoms with Gasteiger partial charge in [0.2, 0.25) is 0 Å². The highest BCUT2D eigenvalue weighted by atomic mass is 28.4. The molecule has 0 bridgehead atoms. The molecule has 0 aliphatic carbocycles. The first-order valence-electron chi connectivity index (χ1n) is 6.13. The smallest absolute Gasteiger partial charge is 0.192 e. The third-order valence-electron chi connectivity index (χ3n) is 3.48. The van der Waals surface area contributed by atoms with Crippen molar-refractivity contribution in [1.82, 2.24) is 0 Å². The van der Waals surface area contributed by atoms with Gasteiger partial charge in [0.05, 0.1) is 12.7 Å². The molecule has 0 heterocycles. The Kier molecular flexibility index (Phi) is 6.07. The van der Waals surface area contributed by atoms with Crippen molar-refractivity contribution in [2.45, 2.75) is 65.8 Å². The van der Waals surface area contributed by atoms with Crippen LogP contribution in [0.15, 0.2) is 0 Å². The van der Waals surface area contributed by atoms with Crippen molar-refractivity contribution in [3.8, 4) is 0 Å². The standard InChI is InChI=1S/C12H28O2Si/c1-7-15(8-2,9-3)14-10-11(13)12(4,5)6/h11,13H,7-10H2,1-6H3/t11-/m0/s1. The van der Waals surface area contributed by atoms with Crippen LogP contribution in [0, 0.1) is 5.41 Å². The molecule has 0 rings (SSSR count). The molecule has 0 spiro atoms. The van der Waals surface area contributed by atoms with Gasteiger partial charge in [0, 0.05) is 0 Å². The van der Waals surface area contributed by atoms with Crippen molar-refractivity contribution in [2.75, 3.05) is 6.61 Å². The largest absolute Gasteiger partial charge is 0.414 e. The summed E-state index contributed by atoms with van der Waals surface area (Å²) in [6.45, 7) is 13.3. The van der Waals surface area contributed by atoms with Gasteiger partial charge in [-0.1, -0.05) is 41.5 Å². The van der Waals surface area contributed by atoms with Crippen molar-refractivity contribution < 1.29 is 9.53 Å². The topological polar surface area (TPSA) is 29.5 Å². The molecule has 0 fully saturated rings. The van der Waals surface area contributed by atoms with Crippen molar-refractivity contribution >= 4 is 8.32 Å². The monoisotopic (exact) mass is 232 g/mol. The Labute approximate surface area is 96.2 Å². The predicted octanol–water partition coefficient (Wildman–Crippen LogP) is 3.42. The summed E-state index contributed by atoms with van der Waals surface area (Å²) in [4.78, 5) is 0. The number of aliphatic hydroxyl groups excluding tert-OH is 1. The first-order chi connectivity index (χ1) is 6.81. The molecular formula is C12H28O2Si. The third-order valence-corrected chi connectivity index (χ3v) is 8.13. The number of hydrogen-bond donors (Lipinski definition) is 1. The Bertz CT molecular complexity index is 163. The van der Waals surface area contributed by atoms with E-state index in [1.165, 1.54) is 0 Å². The third kappa shape index (κ3) is 4.66. The van der Waals surface area contributed by atoms with Crippen molar-refractivity contribution in [3.63, 3.8) is 0 Å². The second-order valence-corrected chi connectivity index (χ2v) is 10.2. The molecule has 0 aromatic carbocycles. The molecule has 2 nitrogen and oxygen atoms in total. The molecule has 0 radical (unpaired) electrons. The zero-order chi connectivity index (χ0) is 12.1. The van der Waals surface area contributed by atoms with Crippen molar-refractivity contribution in [3.05, 3.63) is 0 Å². The second kappa shape index (κ2) is 6.02. The average molecular weight is 232 g/mol. The van der Waals surface area contributed by atoms with E-state index in [-0.39, 0.29) is 11.5 Å². The lowest BCUT2D eigenvalue weighted by Gasteiger charge is -2.33. The number of rotatable bonds is 6. The molecule has 0 saturated heterocycles. The maximum atomic E-state index is 9.93. The van der Waals surface area contributed by atoms with Crippen LogP contribution in [0.25, 0.3) is 0 Å². The highest BCUT2D eigenvalue weighted by Crippen LogP contribution is 2.25. The number of hydrogen-bond acceptors (Lipinski definition) is 2. The molecule has 0 amide bonds. The van der Waals surface area contributed by atoms with E-state index in [4.69, 9.17) is 4.43 Å². The van der Waals surface area contributed by atoms with E-state index in [1.807, 2.05) is 20.8 Å². The van der Waals surface area contributed by atoms with Crippen molar-refractivity contribution in [1.29, 1.82) is 0 Å². The fourth-order valence-corrected chi connectivity index (χ4v) is 4.19. The van der Waals surface area contributed by atoms with Crippen LogP contribution < -0.4 is 0 Å². The second-order valence-electron chi connectivity index (χ2n) is 5.44. The minimum absolute atomic E-state index is 0.0740. The van der Waals surface area contributed by atoms with E-state index >= 15 is 0 Å². The molecule has 0 aromatic rings. The fourth-order valence-electron chi connectivity index (χ4n) is 1.56. The summed E-state index contributed by atoms with van der Waals surface area (Å²) in [7, 11) is -1.52. The van der Waals surface area contributed by atoms with Crippen LogP contribution in [0.1, 0.15) is 41.5 Å². The van der Waals surface area contributed by atoms with Gasteiger partial charge in [0.15, 0.2) is 8.32 Å². The van der Waals surface area contributed by atoms with Crippen LogP contribution in [-0.4, -0.2) is 26.1 Å². The van der Waals surface area contributed by atoms with Gasteiger partial charge in [-0.05, 0) is 23.5 Å². The van der Waals surface area contributed by atoms with E-state index in [1.54, 1.807) is 0 Å². The highest BCUT2D eigenvalue weighted by molar-refractivity contribution is 6.73. The lowest BCUT2D eigenvalue weighted by atomic mass is 9.90. The van der Waals surface area contributed by atoms with E-state index in [2.05, 4.69) is 20.8 Å². The maximum absolute atomic E-state index is 9.93. The van der Waals surface area contributed by atoms with Gasteiger partial charge in [-0.25, -0.2) is 0 Å². The minimum Gasteiger partial charge on any atom is -0.414 e. The quantitative estimate of drug-likeness (QED) is 0.711. The summed E-state index contributed by atoms with van der Waals surface area (Å²) in [6.07, 6.45) is -0.353. The van der Waals surface area contributed by atoms with E-state index in [0.717, 1.165) is 18.1 Å². The summed E-state index contributed by atoms with van der Waals surface area (Å²) < 4.78 is 6.05. The van der Waals surface area contributed by atoms with E-state index in [9.17, 15) is 5.11 Å². The van der Waals surface area contributed by atoms with E-state index in [0.29, 0.717) is 6.61 Å². The SMILES string of the molecule is CC[Si](CC)(CC)OC[C@H](O)C(C)(C)C. The first-order valence-corrected chi connectivity index (χ1v) is 8.66. The maximum Gasteiger partial charge on any atom is 0.192 e. The zero-order valence-corrected chi connectivity index (χ0v) is 12.3. The molecule has 92 valence electrons. The molecule has 1 N–H and O–H groups in total. The Morgan fingerprint density at radius 3 is 1.73 bits per heavy atom. The number of aliphatic hydroxyl groups is 1. The lowest BCUT2D eigenvalue weighted by molar-refractivity contribution is 0.0182. The van der Waals surface area contributed by atoms with E-state index < -0.39 is 8.32 Å². The average Bonchev–Trinajstić information content (AvgIpc) is 2.19. The van der Waals surface area contributed by atoms with Crippen LogP contribution in [0.2, 0.25) is 18.1 Å². The van der Waals surface area contributed by atoms with Crippen LogP contribution in [0.4, 0.5) is 0 Å². The molecule has 0 aliphatic rings. The molecular weight excluding hydrogens is 204 g/mol. The molecule has 0 saturated carbocycles. The van der Waals surface area contributed by atoms with Gasteiger partial charge >= 0.3 is 0 Å². The van der Waals surface area contributed by atoms with Gasteiger partial charge in [-0.3, -0.25) is 0 Å². The van der Waals surface area contributed by atoms with Gasteiger partial charge < -0.3 is 9.53 Å². The summed E-state index contributed by atoms with van der Waals surface area (Å²) in [5, 5.41) is 9.93. The first kappa shape index (κ1) is 15.1. The minimum atomic E-state index is -1.52. The Hall–Kier alpha value is 0.137. The summed E-state index contributed by atoms with van der Waals surface area (Å²) >= 11 is 0. The van der Waals surface area contributed by atoms with Crippen molar-refractivity contribution in [2.24, 2.45) is 5.41 Å². The van der Waals surface area contributed by atoms with Crippen LogP contribution in [0.5, 0.6) is 0 Å². The molecule has 1 atom stereocenters. The van der Waals surface area contributed by atoms with Crippen LogP contribution in [-0.2, 0) is 4.43 Å². The summed E-state index contributed by atoms with van der Waals surface area (Å²) in [5.41, 5.74) is -0.0740. The zero-order valence-electron chi connectivity index (χ0n) is 11.3. The Morgan fingerprint density at radius 2 is 1.47 bits per heavy atom. The lowest BCUT2D eigenvalue weighted by Crippen LogP contribution is -2.41. The Balaban J connectivity index is 4.23. The van der Waals surface area contributed by atoms with Gasteiger partial charge in [-0.15, -0.1) is 0 Å². The summed E-state index contributed by atoms with van der Waals surface area (Å²) in [5.74, 6) is 0. The van der Waals surface area contributed by atoms with Crippen LogP contribution in [0.3, 0.4) is 0 Å². The molecule has 0 aromatic heterocycles. The Morgan fingerprint density at radius 1 is 1.07 bits per heavy atom. The predicted molar refractivity (Wildman–Crippen MR) is 68.6 cm³/mol. The fraction of sp³-hybridized carbons (Fsp3) is 1.00. The molecule has 15 heavy (non-hydrogen) atoms. The van der Waals surface area contributed by atoms with Crippen LogP contribution >= 0.6 is 0 Å². The molecule has 3 heteroatoms. The van der Waals surface area contributed by atoms with Gasteiger partial charge in [0.1, 0.15) is 0 Å².